The van der Waals surface area contributed by atoms with Crippen LogP contribution in [0.25, 0.3) is 5.70 Å². The minimum Gasteiger partial charge on any atom is -0.452 e. The van der Waals surface area contributed by atoms with Crippen LogP contribution in [0, 0.1) is 6.92 Å². The normalized spacial score (nSPS) is 12.7. The molecular formula is C15H17BrClNO2S. The number of carbonyl (C=O) groups is 1. The maximum absolute atomic E-state index is 11.8. The van der Waals surface area contributed by atoms with Crippen LogP contribution >= 0.6 is 39.3 Å². The smallest absolute Gasteiger partial charge is 0.373 e. The van der Waals surface area contributed by atoms with E-state index in [2.05, 4.69) is 27.6 Å². The van der Waals surface area contributed by atoms with E-state index in [0.717, 1.165) is 22.9 Å². The van der Waals surface area contributed by atoms with Crippen LogP contribution in [-0.4, -0.2) is 17.6 Å². The fourth-order valence-electron chi connectivity index (χ4n) is 1.40. The van der Waals surface area contributed by atoms with Crippen molar-refractivity contribution < 1.29 is 9.53 Å². The molecule has 0 aromatic heterocycles. The van der Waals surface area contributed by atoms with Crippen LogP contribution in [0.2, 0.25) is 5.02 Å². The Bertz CT molecular complexity index is 594. The number of thioether (sulfide) groups is 1. The summed E-state index contributed by atoms with van der Waals surface area (Å²) in [6, 6.07) is 5.56. The molecule has 0 aliphatic heterocycles. The zero-order valence-corrected chi connectivity index (χ0v) is 15.5. The third-order valence-corrected chi connectivity index (χ3v) is 4.24. The standard InChI is InChI=1S/C15H17BrClNO2S/c1-9-6-7-10(8-11(9)17)12(18-5)13(16)21-14(19)20-15(2,3)4/h6-8H,5H2,1-4H3/b13-12-. The Labute approximate surface area is 142 Å². The molecule has 1 rings (SSSR count). The Balaban J connectivity index is 3.02. The summed E-state index contributed by atoms with van der Waals surface area (Å²) < 4.78 is 5.79. The van der Waals surface area contributed by atoms with Crippen LogP contribution < -0.4 is 0 Å². The van der Waals surface area contributed by atoms with E-state index in [9.17, 15) is 4.79 Å². The Kier molecular flexibility index (Phi) is 6.50. The molecule has 0 heterocycles. The van der Waals surface area contributed by atoms with E-state index in [0.29, 0.717) is 14.5 Å². The van der Waals surface area contributed by atoms with Crippen molar-refractivity contribution in [3.63, 3.8) is 0 Å². The molecule has 21 heavy (non-hydrogen) atoms. The molecular weight excluding hydrogens is 374 g/mol. The minimum absolute atomic E-state index is 0.409. The van der Waals surface area contributed by atoms with Crippen LogP contribution in [0.4, 0.5) is 4.79 Å². The van der Waals surface area contributed by atoms with Crippen LogP contribution in [0.1, 0.15) is 31.9 Å². The minimum atomic E-state index is -0.535. The number of halogens is 2. The Morgan fingerprint density at radius 2 is 2.05 bits per heavy atom. The first-order valence-corrected chi connectivity index (χ1v) is 8.16. The van der Waals surface area contributed by atoms with Crippen molar-refractivity contribution >= 4 is 57.0 Å². The summed E-state index contributed by atoms with van der Waals surface area (Å²) in [5.41, 5.74) is 1.77. The molecule has 0 spiro atoms. The highest BCUT2D eigenvalue weighted by Gasteiger charge is 2.19. The number of hydrogen-bond acceptors (Lipinski definition) is 4. The average Bonchev–Trinajstić information content (AvgIpc) is 2.31. The molecule has 0 aliphatic carbocycles. The number of nitrogens with zero attached hydrogens (tertiary/aromatic N) is 1. The number of benzene rings is 1. The molecule has 0 fully saturated rings. The second-order valence-electron chi connectivity index (χ2n) is 5.31. The average molecular weight is 391 g/mol. The number of aliphatic imine (C=N–C) groups is 1. The molecule has 6 heteroatoms. The summed E-state index contributed by atoms with van der Waals surface area (Å²) in [7, 11) is 0. The van der Waals surface area contributed by atoms with Gasteiger partial charge in [-0.1, -0.05) is 23.7 Å². The first-order valence-electron chi connectivity index (χ1n) is 6.18. The summed E-state index contributed by atoms with van der Waals surface area (Å²) in [6.07, 6.45) is 0. The van der Waals surface area contributed by atoms with Gasteiger partial charge in [0.05, 0.1) is 9.51 Å². The molecule has 1 aromatic rings. The summed E-state index contributed by atoms with van der Waals surface area (Å²) in [5.74, 6) is 0. The van der Waals surface area contributed by atoms with Crippen molar-refractivity contribution in [3.8, 4) is 0 Å². The van der Waals surface area contributed by atoms with Gasteiger partial charge in [-0.25, -0.2) is 4.79 Å². The predicted octanol–water partition coefficient (Wildman–Crippen LogP) is 6.04. The highest BCUT2D eigenvalue weighted by Crippen LogP contribution is 2.35. The third kappa shape index (κ3) is 5.85. The molecule has 0 amide bonds. The molecule has 0 N–H and O–H groups in total. The molecule has 0 radical (unpaired) electrons. The molecule has 0 saturated heterocycles. The lowest BCUT2D eigenvalue weighted by Crippen LogP contribution is -2.21. The molecule has 0 bridgehead atoms. The van der Waals surface area contributed by atoms with Gasteiger partial charge in [0, 0.05) is 22.3 Å². The number of aryl methyl sites for hydroxylation is 1. The quantitative estimate of drug-likeness (QED) is 0.466. The Morgan fingerprint density at radius 3 is 2.52 bits per heavy atom. The maximum Gasteiger partial charge on any atom is 0.373 e. The van der Waals surface area contributed by atoms with Gasteiger partial charge < -0.3 is 4.74 Å². The fraction of sp³-hybridized carbons (Fsp3) is 0.333. The van der Waals surface area contributed by atoms with Crippen molar-refractivity contribution in [1.29, 1.82) is 0 Å². The van der Waals surface area contributed by atoms with E-state index in [1.165, 1.54) is 0 Å². The van der Waals surface area contributed by atoms with E-state index in [1.54, 1.807) is 6.07 Å². The highest BCUT2D eigenvalue weighted by atomic mass is 79.9. The lowest BCUT2D eigenvalue weighted by atomic mass is 10.1. The largest absolute Gasteiger partial charge is 0.452 e. The van der Waals surface area contributed by atoms with Crippen molar-refractivity contribution in [3.05, 3.63) is 38.2 Å². The SMILES string of the molecule is C=N/C(=C(/Br)SC(=O)OC(C)(C)C)c1ccc(C)c(Cl)c1. The van der Waals surface area contributed by atoms with Gasteiger partial charge in [0.15, 0.2) is 0 Å². The Morgan fingerprint density at radius 1 is 1.43 bits per heavy atom. The first-order chi connectivity index (χ1) is 9.64. The molecule has 1 aromatic carbocycles. The van der Waals surface area contributed by atoms with E-state index in [4.69, 9.17) is 16.3 Å². The predicted molar refractivity (Wildman–Crippen MR) is 95.4 cm³/mol. The maximum atomic E-state index is 11.8. The topological polar surface area (TPSA) is 38.7 Å². The monoisotopic (exact) mass is 389 g/mol. The van der Waals surface area contributed by atoms with E-state index >= 15 is 0 Å². The molecule has 3 nitrogen and oxygen atoms in total. The second kappa shape index (κ2) is 7.47. The molecule has 0 saturated carbocycles. The van der Waals surface area contributed by atoms with E-state index < -0.39 is 10.9 Å². The van der Waals surface area contributed by atoms with Crippen molar-refractivity contribution in [2.75, 3.05) is 0 Å². The van der Waals surface area contributed by atoms with Gasteiger partial charge in [-0.15, -0.1) is 0 Å². The highest BCUT2D eigenvalue weighted by molar-refractivity contribution is 9.14. The van der Waals surface area contributed by atoms with Crippen molar-refractivity contribution in [1.82, 2.24) is 0 Å². The van der Waals surface area contributed by atoms with Gasteiger partial charge in [-0.05, 0) is 62.0 Å². The van der Waals surface area contributed by atoms with Crippen LogP contribution in [-0.2, 0) is 4.74 Å². The summed E-state index contributed by atoms with van der Waals surface area (Å²) in [5, 5.41) is 0.227. The lowest BCUT2D eigenvalue weighted by molar-refractivity contribution is 0.0739. The second-order valence-corrected chi connectivity index (χ2v) is 7.98. The van der Waals surface area contributed by atoms with Gasteiger partial charge in [-0.3, -0.25) is 4.99 Å². The number of carbonyl (C=O) groups excluding carboxylic acids is 1. The van der Waals surface area contributed by atoms with Crippen LogP contribution in [0.5, 0.6) is 0 Å². The van der Waals surface area contributed by atoms with Gasteiger partial charge in [0.1, 0.15) is 5.60 Å². The van der Waals surface area contributed by atoms with E-state index in [-0.39, 0.29) is 0 Å². The van der Waals surface area contributed by atoms with Gasteiger partial charge >= 0.3 is 5.30 Å². The van der Waals surface area contributed by atoms with Gasteiger partial charge in [-0.2, -0.15) is 0 Å². The zero-order valence-electron chi connectivity index (χ0n) is 12.4. The number of hydrogen-bond donors (Lipinski definition) is 0. The summed E-state index contributed by atoms with van der Waals surface area (Å²) in [6.45, 7) is 10.9. The zero-order chi connectivity index (χ0) is 16.2. The van der Waals surface area contributed by atoms with Crippen molar-refractivity contribution in [2.24, 2.45) is 4.99 Å². The van der Waals surface area contributed by atoms with Gasteiger partial charge in [0.2, 0.25) is 0 Å². The summed E-state index contributed by atoms with van der Waals surface area (Å²) in [4.78, 5) is 15.8. The fourth-order valence-corrected chi connectivity index (χ4v) is 3.05. The van der Waals surface area contributed by atoms with E-state index in [1.807, 2.05) is 39.8 Å². The number of rotatable bonds is 3. The van der Waals surface area contributed by atoms with Crippen LogP contribution in [0.3, 0.4) is 0 Å². The molecule has 0 aliphatic rings. The van der Waals surface area contributed by atoms with Gasteiger partial charge in [0.25, 0.3) is 0 Å². The molecule has 114 valence electrons. The Hall–Kier alpha value is -0.780. The van der Waals surface area contributed by atoms with Crippen molar-refractivity contribution in [2.45, 2.75) is 33.3 Å². The first kappa shape index (κ1) is 18.3. The van der Waals surface area contributed by atoms with Crippen LogP contribution in [0.15, 0.2) is 27.0 Å². The molecule has 0 atom stereocenters. The lowest BCUT2D eigenvalue weighted by Gasteiger charge is -2.19. The number of ether oxygens (including phenoxy) is 1. The third-order valence-electron chi connectivity index (χ3n) is 2.35. The summed E-state index contributed by atoms with van der Waals surface area (Å²) >= 11 is 10.4. The molecule has 0 unspecified atom stereocenters.